The maximum atomic E-state index is 13.3. The number of carbonyl (C=O) groups is 2. The van der Waals surface area contributed by atoms with Gasteiger partial charge in [-0.3, -0.25) is 14.5 Å². The van der Waals surface area contributed by atoms with Gasteiger partial charge in [0.25, 0.3) is 0 Å². The molecule has 3 saturated heterocycles. The second kappa shape index (κ2) is 7.98. The van der Waals surface area contributed by atoms with E-state index in [0.29, 0.717) is 19.5 Å². The van der Waals surface area contributed by atoms with E-state index >= 15 is 0 Å². The number of rotatable bonds is 6. The van der Waals surface area contributed by atoms with Crippen molar-refractivity contribution in [1.29, 1.82) is 0 Å². The number of hydrogen-bond acceptors (Lipinski definition) is 4. The third kappa shape index (κ3) is 3.73. The Morgan fingerprint density at radius 2 is 2.00 bits per heavy atom. The minimum atomic E-state index is -0.610. The normalized spacial score (nSPS) is 28.4. The molecule has 0 saturated carbocycles. The second-order valence-corrected chi connectivity index (χ2v) is 7.93. The molecule has 0 unspecified atom stereocenters. The van der Waals surface area contributed by atoms with Crippen molar-refractivity contribution in [2.45, 2.75) is 37.1 Å². The minimum absolute atomic E-state index is 0.0675. The van der Waals surface area contributed by atoms with E-state index in [9.17, 15) is 9.59 Å². The number of morpholine rings is 1. The van der Waals surface area contributed by atoms with Crippen LogP contribution in [0.25, 0.3) is 0 Å². The number of carbonyl (C=O) groups excluding carboxylic acids is 2. The molecule has 3 aliphatic rings. The van der Waals surface area contributed by atoms with Gasteiger partial charge < -0.3 is 15.0 Å². The average molecular weight is 371 g/mol. The molecule has 4 rings (SSSR count). The van der Waals surface area contributed by atoms with Gasteiger partial charge in [-0.05, 0) is 31.4 Å². The molecule has 0 aromatic heterocycles. The van der Waals surface area contributed by atoms with Gasteiger partial charge in [0.15, 0.2) is 0 Å². The Labute approximate surface area is 160 Å². The van der Waals surface area contributed by atoms with Crippen molar-refractivity contribution in [3.8, 4) is 0 Å². The Morgan fingerprint density at radius 1 is 1.22 bits per heavy atom. The smallest absolute Gasteiger partial charge is 0.232 e. The molecule has 3 fully saturated rings. The number of fused-ring (bicyclic) bond motifs is 1. The third-order valence-corrected chi connectivity index (χ3v) is 6.28. The van der Waals surface area contributed by atoms with E-state index in [2.05, 4.69) is 10.2 Å². The lowest BCUT2D eigenvalue weighted by Gasteiger charge is -2.29. The summed E-state index contributed by atoms with van der Waals surface area (Å²) in [5.41, 5.74) is 0.416. The molecule has 0 aliphatic carbocycles. The molecule has 6 nitrogen and oxygen atoms in total. The van der Waals surface area contributed by atoms with Crippen LogP contribution in [0.4, 0.5) is 0 Å². The van der Waals surface area contributed by atoms with Crippen LogP contribution in [0.5, 0.6) is 0 Å². The van der Waals surface area contributed by atoms with Crippen LogP contribution >= 0.6 is 0 Å². The fraction of sp³-hybridized carbons (Fsp3) is 0.619. The zero-order chi connectivity index (χ0) is 18.7. The summed E-state index contributed by atoms with van der Waals surface area (Å²) in [7, 11) is 0. The fourth-order valence-electron chi connectivity index (χ4n) is 4.74. The van der Waals surface area contributed by atoms with Gasteiger partial charge in [-0.1, -0.05) is 30.3 Å². The van der Waals surface area contributed by atoms with Crippen LogP contribution in [0.1, 0.15) is 31.2 Å². The molecule has 3 heterocycles. The molecule has 1 N–H and O–H groups in total. The van der Waals surface area contributed by atoms with Crippen LogP contribution in [-0.2, 0) is 19.7 Å². The van der Waals surface area contributed by atoms with Gasteiger partial charge in [0.05, 0.1) is 18.6 Å². The summed E-state index contributed by atoms with van der Waals surface area (Å²) in [4.78, 5) is 29.8. The van der Waals surface area contributed by atoms with E-state index in [1.54, 1.807) is 0 Å². The highest BCUT2D eigenvalue weighted by Gasteiger charge is 2.53. The molecule has 27 heavy (non-hydrogen) atoms. The lowest BCUT2D eigenvalue weighted by atomic mass is 9.77. The quantitative estimate of drug-likeness (QED) is 0.763. The molecule has 2 atom stereocenters. The van der Waals surface area contributed by atoms with Crippen LogP contribution in [0.15, 0.2) is 30.3 Å². The summed E-state index contributed by atoms with van der Waals surface area (Å²) in [6.07, 6.45) is 3.16. The first-order chi connectivity index (χ1) is 13.2. The number of amides is 2. The van der Waals surface area contributed by atoms with Gasteiger partial charge >= 0.3 is 0 Å². The summed E-state index contributed by atoms with van der Waals surface area (Å²) in [5.74, 6) is 0.260. The number of ether oxygens (including phenoxy) is 1. The summed E-state index contributed by atoms with van der Waals surface area (Å²) in [6, 6.07) is 10.2. The van der Waals surface area contributed by atoms with Crippen LogP contribution < -0.4 is 5.32 Å². The number of benzene rings is 1. The monoisotopic (exact) mass is 371 g/mol. The van der Waals surface area contributed by atoms with E-state index in [1.807, 2.05) is 35.2 Å². The van der Waals surface area contributed by atoms with Crippen LogP contribution in [0.2, 0.25) is 0 Å². The number of hydrogen-bond donors (Lipinski definition) is 1. The highest BCUT2D eigenvalue weighted by Crippen LogP contribution is 2.42. The van der Waals surface area contributed by atoms with E-state index in [4.69, 9.17) is 4.74 Å². The van der Waals surface area contributed by atoms with Gasteiger partial charge in [0.1, 0.15) is 0 Å². The Hall–Kier alpha value is -1.92. The van der Waals surface area contributed by atoms with Gasteiger partial charge in [0.2, 0.25) is 11.8 Å². The van der Waals surface area contributed by atoms with Crippen molar-refractivity contribution in [3.63, 3.8) is 0 Å². The third-order valence-electron chi connectivity index (χ3n) is 6.28. The number of nitrogens with zero attached hydrogens (tertiary/aromatic N) is 2. The molecule has 0 radical (unpaired) electrons. The molecule has 6 heteroatoms. The van der Waals surface area contributed by atoms with Crippen LogP contribution in [-0.4, -0.2) is 73.6 Å². The molecular weight excluding hydrogens is 342 g/mol. The zero-order valence-electron chi connectivity index (χ0n) is 15.9. The molecule has 0 bridgehead atoms. The molecule has 3 aliphatic heterocycles. The summed E-state index contributed by atoms with van der Waals surface area (Å²) >= 11 is 0. The van der Waals surface area contributed by atoms with Crippen molar-refractivity contribution in [2.75, 3.05) is 45.9 Å². The highest BCUT2D eigenvalue weighted by molar-refractivity contribution is 5.91. The molecule has 2 amide bonds. The summed E-state index contributed by atoms with van der Waals surface area (Å²) in [5, 5.41) is 3.17. The van der Waals surface area contributed by atoms with Crippen molar-refractivity contribution in [1.82, 2.24) is 15.1 Å². The first-order valence-electron chi connectivity index (χ1n) is 10.1. The largest absolute Gasteiger partial charge is 0.379 e. The maximum Gasteiger partial charge on any atom is 0.232 e. The predicted octanol–water partition coefficient (Wildman–Crippen LogP) is 1.16. The van der Waals surface area contributed by atoms with E-state index in [0.717, 1.165) is 57.7 Å². The lowest BCUT2D eigenvalue weighted by molar-refractivity contribution is -0.129. The van der Waals surface area contributed by atoms with Gasteiger partial charge in [-0.2, -0.15) is 0 Å². The molecule has 146 valence electrons. The molecular formula is C21H29N3O3. The van der Waals surface area contributed by atoms with Crippen molar-refractivity contribution < 1.29 is 14.3 Å². The first-order valence-corrected chi connectivity index (χ1v) is 10.1. The van der Waals surface area contributed by atoms with Gasteiger partial charge in [-0.25, -0.2) is 0 Å². The fourth-order valence-corrected chi connectivity index (χ4v) is 4.74. The van der Waals surface area contributed by atoms with E-state index in [1.165, 1.54) is 0 Å². The second-order valence-electron chi connectivity index (χ2n) is 7.93. The van der Waals surface area contributed by atoms with Crippen molar-refractivity contribution >= 4 is 11.8 Å². The predicted molar refractivity (Wildman–Crippen MR) is 102 cm³/mol. The van der Waals surface area contributed by atoms with E-state index < -0.39 is 5.41 Å². The van der Waals surface area contributed by atoms with Crippen molar-refractivity contribution in [2.24, 2.45) is 0 Å². The van der Waals surface area contributed by atoms with Gasteiger partial charge in [0, 0.05) is 38.6 Å². The maximum absolute atomic E-state index is 13.3. The Morgan fingerprint density at radius 3 is 2.74 bits per heavy atom. The van der Waals surface area contributed by atoms with Crippen molar-refractivity contribution in [3.05, 3.63) is 35.9 Å². The van der Waals surface area contributed by atoms with Crippen LogP contribution in [0.3, 0.4) is 0 Å². The average Bonchev–Trinajstić information content (AvgIpc) is 3.26. The summed E-state index contributed by atoms with van der Waals surface area (Å²) < 4.78 is 5.38. The zero-order valence-corrected chi connectivity index (χ0v) is 15.9. The molecule has 1 aromatic rings. The Kier molecular flexibility index (Phi) is 5.45. The minimum Gasteiger partial charge on any atom is -0.379 e. The summed E-state index contributed by atoms with van der Waals surface area (Å²) in [6.45, 7) is 5.71. The topological polar surface area (TPSA) is 61.9 Å². The molecule has 0 spiro atoms. The Balaban J connectivity index is 1.40. The standard InChI is InChI=1S/C21H29N3O3/c25-19-8-7-18-15-21(16-24(18)19,17-5-2-1-3-6-17)20(26)22-9-4-10-23-11-13-27-14-12-23/h1-3,5-6,18H,4,7-16H2,(H,22,26)/t18-,21-/m0/s1. The van der Waals surface area contributed by atoms with Gasteiger partial charge in [-0.15, -0.1) is 0 Å². The van der Waals surface area contributed by atoms with Crippen LogP contribution in [0, 0.1) is 0 Å². The van der Waals surface area contributed by atoms with E-state index in [-0.39, 0.29) is 17.9 Å². The number of nitrogens with one attached hydrogen (secondary N) is 1. The Bertz CT molecular complexity index is 675. The SMILES string of the molecule is O=C1CC[C@H]2C[C@@](C(=O)NCCCN3CCOCC3)(c3ccccc3)CN12. The highest BCUT2D eigenvalue weighted by atomic mass is 16.5. The molecule has 1 aromatic carbocycles. The first kappa shape index (κ1) is 18.4. The lowest BCUT2D eigenvalue weighted by Crippen LogP contribution is -2.47.